The Morgan fingerprint density at radius 2 is 1.85 bits per heavy atom. The molecule has 0 fully saturated rings. The van der Waals surface area contributed by atoms with E-state index >= 15 is 0 Å². The minimum absolute atomic E-state index is 0.271. The minimum Gasteiger partial charge on any atom is -0.497 e. The van der Waals surface area contributed by atoms with Crippen LogP contribution in [-0.2, 0) is 22.1 Å². The topological polar surface area (TPSA) is 67.8 Å². The minimum atomic E-state index is -2.51. The van der Waals surface area contributed by atoms with Crippen molar-refractivity contribution in [3.05, 3.63) is 77.4 Å². The number of aryl methyl sites for hydroxylation is 1. The van der Waals surface area contributed by atoms with Gasteiger partial charge >= 0.3 is 8.25 Å². The molecule has 0 bridgehead atoms. The summed E-state index contributed by atoms with van der Waals surface area (Å²) in [6.07, 6.45) is 4.77. The lowest BCUT2D eigenvalue weighted by Crippen LogP contribution is -2.16. The van der Waals surface area contributed by atoms with Crippen molar-refractivity contribution in [3.63, 3.8) is 0 Å². The summed E-state index contributed by atoms with van der Waals surface area (Å²) in [4.78, 5) is 8.65. The highest BCUT2D eigenvalue weighted by atomic mass is 31.1. The van der Waals surface area contributed by atoms with Crippen molar-refractivity contribution < 1.29 is 18.7 Å². The molecule has 1 atom stereocenters. The van der Waals surface area contributed by atoms with Crippen LogP contribution in [0.15, 0.2) is 60.7 Å². The van der Waals surface area contributed by atoms with Crippen molar-refractivity contribution >= 4 is 19.0 Å². The van der Waals surface area contributed by atoms with Gasteiger partial charge in [0.15, 0.2) is 0 Å². The quantitative estimate of drug-likeness (QED) is 0.203. The molecule has 0 saturated heterocycles. The van der Waals surface area contributed by atoms with E-state index in [1.807, 2.05) is 24.3 Å². The molecule has 0 radical (unpaired) electrons. The Labute approximate surface area is 197 Å². The molecule has 3 aromatic carbocycles. The standard InChI is InChI=1S/C27H30NO4P/c1-31-25-13-8-11-22(20-25)10-4-2-3-5-12-23-16-17-24(27-15-7-6-14-26(23)27)21-28-18-9-19-32-33(29)30/h6-8,11,13-17,20,28H,2-4,9-10,18-19,21H2,1H3/p+1. The second kappa shape index (κ2) is 13.7. The third-order valence-corrected chi connectivity index (χ3v) is 5.81. The first kappa shape index (κ1) is 24.9. The first-order valence-electron chi connectivity index (χ1n) is 11.3. The van der Waals surface area contributed by atoms with Crippen LogP contribution >= 0.6 is 8.25 Å². The highest BCUT2D eigenvalue weighted by Crippen LogP contribution is 2.23. The third kappa shape index (κ3) is 8.28. The van der Waals surface area contributed by atoms with Gasteiger partial charge in [0.05, 0.1) is 7.11 Å². The number of rotatable bonds is 12. The van der Waals surface area contributed by atoms with Gasteiger partial charge in [-0.2, -0.15) is 0 Å². The molecule has 6 heteroatoms. The van der Waals surface area contributed by atoms with E-state index in [9.17, 15) is 4.57 Å². The van der Waals surface area contributed by atoms with E-state index in [-0.39, 0.29) is 6.61 Å². The molecule has 5 nitrogen and oxygen atoms in total. The SMILES string of the molecule is COc1cccc(CCCCC#Cc2ccc(CNCCCO[P+](=O)O)c3ccccc23)c1. The molecule has 3 rings (SSSR count). The first-order valence-corrected chi connectivity index (χ1v) is 12.4. The van der Waals surface area contributed by atoms with Crippen LogP contribution in [0.5, 0.6) is 5.75 Å². The highest BCUT2D eigenvalue weighted by Gasteiger charge is 2.10. The van der Waals surface area contributed by atoms with E-state index in [0.717, 1.165) is 50.1 Å². The molecule has 0 amide bonds. The van der Waals surface area contributed by atoms with E-state index < -0.39 is 8.25 Å². The number of hydrogen-bond donors (Lipinski definition) is 2. The van der Waals surface area contributed by atoms with Crippen molar-refractivity contribution in [2.45, 2.75) is 38.6 Å². The Kier molecular flexibility index (Phi) is 10.4. The van der Waals surface area contributed by atoms with Crippen LogP contribution in [0.2, 0.25) is 0 Å². The second-order valence-corrected chi connectivity index (χ2v) is 8.51. The van der Waals surface area contributed by atoms with Gasteiger partial charge in [-0.25, -0.2) is 0 Å². The molecule has 0 aliphatic rings. The van der Waals surface area contributed by atoms with Gasteiger partial charge in [-0.3, -0.25) is 0 Å². The molecule has 0 saturated carbocycles. The highest BCUT2D eigenvalue weighted by molar-refractivity contribution is 7.32. The Balaban J connectivity index is 1.51. The van der Waals surface area contributed by atoms with Crippen molar-refractivity contribution in [2.24, 2.45) is 0 Å². The average molecular weight is 465 g/mol. The van der Waals surface area contributed by atoms with Crippen molar-refractivity contribution in [3.8, 4) is 17.6 Å². The maximum Gasteiger partial charge on any atom is 0.694 e. The van der Waals surface area contributed by atoms with Crippen molar-refractivity contribution in [2.75, 3.05) is 20.3 Å². The number of unbranched alkanes of at least 4 members (excludes halogenated alkanes) is 2. The van der Waals surface area contributed by atoms with Gasteiger partial charge in [-0.1, -0.05) is 54.3 Å². The van der Waals surface area contributed by atoms with Crippen LogP contribution in [0.1, 0.15) is 42.4 Å². The summed E-state index contributed by atoms with van der Waals surface area (Å²) in [7, 11) is -0.812. The molecule has 2 N–H and O–H groups in total. The van der Waals surface area contributed by atoms with E-state index in [0.29, 0.717) is 6.42 Å². The van der Waals surface area contributed by atoms with Crippen LogP contribution in [0.3, 0.4) is 0 Å². The lowest BCUT2D eigenvalue weighted by molar-refractivity contribution is 0.276. The zero-order chi connectivity index (χ0) is 23.3. The number of fused-ring (bicyclic) bond motifs is 1. The fourth-order valence-corrected chi connectivity index (χ4v) is 4.00. The second-order valence-electron chi connectivity index (χ2n) is 7.78. The molecular weight excluding hydrogens is 433 g/mol. The summed E-state index contributed by atoms with van der Waals surface area (Å²) in [5, 5.41) is 5.74. The molecule has 3 aromatic rings. The molecule has 33 heavy (non-hydrogen) atoms. The van der Waals surface area contributed by atoms with Crippen LogP contribution < -0.4 is 10.1 Å². The average Bonchev–Trinajstić information content (AvgIpc) is 2.84. The Morgan fingerprint density at radius 3 is 2.67 bits per heavy atom. The van der Waals surface area contributed by atoms with Gasteiger partial charge in [-0.05, 0) is 72.3 Å². The number of nitrogens with one attached hydrogen (secondary N) is 1. The van der Waals surface area contributed by atoms with E-state index in [1.165, 1.54) is 21.9 Å². The number of ether oxygens (including phenoxy) is 1. The van der Waals surface area contributed by atoms with Crippen molar-refractivity contribution in [1.82, 2.24) is 5.32 Å². The first-order chi connectivity index (χ1) is 16.2. The van der Waals surface area contributed by atoms with Gasteiger partial charge in [0.1, 0.15) is 12.4 Å². The Bertz CT molecular complexity index is 1120. The zero-order valence-electron chi connectivity index (χ0n) is 19.0. The molecule has 0 aliphatic carbocycles. The monoisotopic (exact) mass is 464 g/mol. The molecular formula is C27H31NO4P+. The largest absolute Gasteiger partial charge is 0.694 e. The number of benzene rings is 3. The fraction of sp³-hybridized carbons (Fsp3) is 0.333. The van der Waals surface area contributed by atoms with E-state index in [4.69, 9.17) is 9.63 Å². The van der Waals surface area contributed by atoms with Crippen LogP contribution in [-0.4, -0.2) is 25.2 Å². The lowest BCUT2D eigenvalue weighted by atomic mass is 9.99. The van der Waals surface area contributed by atoms with Gasteiger partial charge < -0.3 is 10.1 Å². The summed E-state index contributed by atoms with van der Waals surface area (Å²) < 4.78 is 20.5. The van der Waals surface area contributed by atoms with Crippen LogP contribution in [0, 0.1) is 11.8 Å². The lowest BCUT2D eigenvalue weighted by Gasteiger charge is -2.09. The smallest absolute Gasteiger partial charge is 0.497 e. The van der Waals surface area contributed by atoms with Crippen LogP contribution in [0.4, 0.5) is 0 Å². The van der Waals surface area contributed by atoms with Crippen molar-refractivity contribution in [1.29, 1.82) is 0 Å². The molecule has 0 aliphatic heterocycles. The molecule has 0 spiro atoms. The number of methoxy groups -OCH3 is 1. The zero-order valence-corrected chi connectivity index (χ0v) is 19.9. The summed E-state index contributed by atoms with van der Waals surface area (Å²) in [6, 6.07) is 20.8. The molecule has 172 valence electrons. The predicted molar refractivity (Wildman–Crippen MR) is 133 cm³/mol. The number of hydrogen-bond acceptors (Lipinski definition) is 4. The van der Waals surface area contributed by atoms with Crippen LogP contribution in [0.25, 0.3) is 10.8 Å². The molecule has 0 heterocycles. The van der Waals surface area contributed by atoms with Gasteiger partial charge in [0, 0.05) is 23.1 Å². The summed E-state index contributed by atoms with van der Waals surface area (Å²) in [5.74, 6) is 7.63. The molecule has 0 aromatic heterocycles. The maximum absolute atomic E-state index is 10.5. The van der Waals surface area contributed by atoms with E-state index in [1.54, 1.807) is 7.11 Å². The normalized spacial score (nSPS) is 11.2. The fourth-order valence-electron chi connectivity index (χ4n) is 3.72. The summed E-state index contributed by atoms with van der Waals surface area (Å²) in [6.45, 7) is 1.71. The maximum atomic E-state index is 10.5. The third-order valence-electron chi connectivity index (χ3n) is 5.40. The summed E-state index contributed by atoms with van der Waals surface area (Å²) in [5.41, 5.74) is 3.57. The van der Waals surface area contributed by atoms with Gasteiger partial charge in [0.25, 0.3) is 0 Å². The predicted octanol–water partition coefficient (Wildman–Crippen LogP) is 5.76. The van der Waals surface area contributed by atoms with E-state index in [2.05, 4.69) is 58.1 Å². The molecule has 1 unspecified atom stereocenters. The van der Waals surface area contributed by atoms with Gasteiger partial charge in [-0.15, -0.1) is 9.42 Å². The Morgan fingerprint density at radius 1 is 1.00 bits per heavy atom. The van der Waals surface area contributed by atoms with Gasteiger partial charge in [0.2, 0.25) is 0 Å². The summed E-state index contributed by atoms with van der Waals surface area (Å²) >= 11 is 0. The Hall–Kier alpha value is -2.74.